The number of aryl methyl sites for hydroxylation is 1. The summed E-state index contributed by atoms with van der Waals surface area (Å²) in [7, 11) is -3.77. The Bertz CT molecular complexity index is 753. The second-order valence-corrected chi connectivity index (χ2v) is 8.02. The standard InChI is InChI=1S/C17H23O5P/c1-10(2)21-23(20,22-11(3)4)16-9-15(18)14-8-12(5)6-7-13(14)17(16)19/h6-11,18-19H,1-5H3. The molecule has 5 nitrogen and oxygen atoms in total. The van der Waals surface area contributed by atoms with Crippen molar-refractivity contribution in [3.05, 3.63) is 29.8 Å². The molecule has 0 unspecified atom stereocenters. The van der Waals surface area contributed by atoms with Crippen molar-refractivity contribution in [2.75, 3.05) is 0 Å². The number of rotatable bonds is 5. The molecule has 0 aromatic heterocycles. The number of hydrogen-bond donors (Lipinski definition) is 2. The molecule has 2 aromatic rings. The molecule has 0 bridgehead atoms. The smallest absolute Gasteiger partial charge is 0.365 e. The molecule has 0 fully saturated rings. The van der Waals surface area contributed by atoms with Gasteiger partial charge in [-0.2, -0.15) is 0 Å². The van der Waals surface area contributed by atoms with Gasteiger partial charge in [-0.1, -0.05) is 17.7 Å². The third-order valence-electron chi connectivity index (χ3n) is 3.22. The maximum absolute atomic E-state index is 13.2. The lowest BCUT2D eigenvalue weighted by Gasteiger charge is -2.24. The summed E-state index contributed by atoms with van der Waals surface area (Å²) in [6, 6.07) is 6.51. The van der Waals surface area contributed by atoms with E-state index in [2.05, 4.69) is 0 Å². The van der Waals surface area contributed by atoms with Gasteiger partial charge in [-0.3, -0.25) is 4.57 Å². The minimum absolute atomic E-state index is 0.0197. The van der Waals surface area contributed by atoms with Crippen LogP contribution in [-0.4, -0.2) is 22.4 Å². The molecule has 0 saturated heterocycles. The number of benzene rings is 2. The van der Waals surface area contributed by atoms with Crippen LogP contribution in [0.1, 0.15) is 33.3 Å². The number of fused-ring (bicyclic) bond motifs is 1. The number of phenols is 2. The highest BCUT2D eigenvalue weighted by molar-refractivity contribution is 7.62. The summed E-state index contributed by atoms with van der Waals surface area (Å²) in [6.07, 6.45) is -0.732. The van der Waals surface area contributed by atoms with E-state index in [1.807, 2.05) is 13.0 Å². The van der Waals surface area contributed by atoms with Crippen molar-refractivity contribution < 1.29 is 23.8 Å². The van der Waals surface area contributed by atoms with E-state index in [0.717, 1.165) is 5.56 Å². The van der Waals surface area contributed by atoms with E-state index >= 15 is 0 Å². The van der Waals surface area contributed by atoms with Crippen LogP contribution in [0.5, 0.6) is 11.5 Å². The molecule has 2 aromatic carbocycles. The lowest BCUT2D eigenvalue weighted by atomic mass is 10.1. The minimum atomic E-state index is -3.77. The largest absolute Gasteiger partial charge is 0.507 e. The first-order chi connectivity index (χ1) is 10.6. The van der Waals surface area contributed by atoms with Crippen molar-refractivity contribution in [1.29, 1.82) is 0 Å². The Morgan fingerprint density at radius 1 is 0.957 bits per heavy atom. The summed E-state index contributed by atoms with van der Waals surface area (Å²) in [6.45, 7) is 8.82. The maximum atomic E-state index is 13.2. The fraction of sp³-hybridized carbons (Fsp3) is 0.412. The molecule has 0 amide bonds. The van der Waals surface area contributed by atoms with E-state index in [0.29, 0.717) is 10.8 Å². The van der Waals surface area contributed by atoms with Gasteiger partial charge < -0.3 is 19.3 Å². The molecule has 0 spiro atoms. The lowest BCUT2D eigenvalue weighted by Crippen LogP contribution is -2.17. The third kappa shape index (κ3) is 3.69. The first-order valence-corrected chi connectivity index (χ1v) is 9.11. The van der Waals surface area contributed by atoms with E-state index < -0.39 is 7.60 Å². The van der Waals surface area contributed by atoms with Crippen LogP contribution in [0.15, 0.2) is 24.3 Å². The van der Waals surface area contributed by atoms with Gasteiger partial charge in [-0.25, -0.2) is 0 Å². The number of phenolic OH excluding ortho intramolecular Hbond substituents is 2. The summed E-state index contributed by atoms with van der Waals surface area (Å²) >= 11 is 0. The van der Waals surface area contributed by atoms with Crippen LogP contribution in [0.25, 0.3) is 10.8 Å². The van der Waals surface area contributed by atoms with Crippen LogP contribution in [0.4, 0.5) is 0 Å². The summed E-state index contributed by atoms with van der Waals surface area (Å²) in [5.74, 6) is -0.265. The Balaban J connectivity index is 2.71. The van der Waals surface area contributed by atoms with Crippen molar-refractivity contribution in [3.8, 4) is 11.5 Å². The van der Waals surface area contributed by atoms with E-state index in [9.17, 15) is 14.8 Å². The van der Waals surface area contributed by atoms with Gasteiger partial charge in [-0.15, -0.1) is 0 Å². The van der Waals surface area contributed by atoms with Gasteiger partial charge >= 0.3 is 7.60 Å². The fourth-order valence-corrected chi connectivity index (χ4v) is 4.44. The summed E-state index contributed by atoms with van der Waals surface area (Å²) < 4.78 is 24.2. The first-order valence-electron chi connectivity index (χ1n) is 7.56. The molecule has 23 heavy (non-hydrogen) atoms. The molecular formula is C17H23O5P. The molecule has 6 heteroatoms. The summed E-state index contributed by atoms with van der Waals surface area (Å²) in [5, 5.41) is 21.8. The van der Waals surface area contributed by atoms with Crippen molar-refractivity contribution >= 4 is 23.7 Å². The molecule has 2 rings (SSSR count). The fourth-order valence-electron chi connectivity index (χ4n) is 2.39. The molecule has 0 aliphatic carbocycles. The predicted octanol–water partition coefficient (Wildman–Crippen LogP) is 4.23. The van der Waals surface area contributed by atoms with Crippen molar-refractivity contribution in [3.63, 3.8) is 0 Å². The second kappa shape index (κ2) is 6.52. The predicted molar refractivity (Wildman–Crippen MR) is 91.7 cm³/mol. The van der Waals surface area contributed by atoms with E-state index in [-0.39, 0.29) is 29.0 Å². The van der Waals surface area contributed by atoms with Crippen LogP contribution in [-0.2, 0) is 13.6 Å². The van der Waals surface area contributed by atoms with E-state index in [1.54, 1.807) is 39.8 Å². The zero-order chi connectivity index (χ0) is 17.4. The maximum Gasteiger partial charge on any atom is 0.365 e. The Kier molecular flexibility index (Phi) is 5.04. The highest BCUT2D eigenvalue weighted by atomic mass is 31.2. The lowest BCUT2D eigenvalue weighted by molar-refractivity contribution is 0.150. The molecule has 2 N–H and O–H groups in total. The molecule has 0 aliphatic rings. The van der Waals surface area contributed by atoms with Gasteiger partial charge in [0.15, 0.2) is 0 Å². The van der Waals surface area contributed by atoms with Crippen LogP contribution >= 0.6 is 7.60 Å². The van der Waals surface area contributed by atoms with Crippen LogP contribution in [0.2, 0.25) is 0 Å². The minimum Gasteiger partial charge on any atom is -0.507 e. The highest BCUT2D eigenvalue weighted by Gasteiger charge is 2.35. The average molecular weight is 338 g/mol. The molecule has 0 saturated carbocycles. The van der Waals surface area contributed by atoms with Crippen LogP contribution in [0.3, 0.4) is 0 Å². The van der Waals surface area contributed by atoms with Crippen LogP contribution in [0, 0.1) is 6.92 Å². The Morgan fingerprint density at radius 2 is 1.52 bits per heavy atom. The highest BCUT2D eigenvalue weighted by Crippen LogP contribution is 2.53. The molecule has 0 aliphatic heterocycles. The van der Waals surface area contributed by atoms with Crippen LogP contribution < -0.4 is 5.30 Å². The third-order valence-corrected chi connectivity index (χ3v) is 5.55. The second-order valence-electron chi connectivity index (χ2n) is 6.12. The Hall–Kier alpha value is -1.55. The van der Waals surface area contributed by atoms with Gasteiger partial charge in [0.2, 0.25) is 0 Å². The monoisotopic (exact) mass is 338 g/mol. The van der Waals surface area contributed by atoms with Gasteiger partial charge in [-0.05, 0) is 46.8 Å². The summed E-state index contributed by atoms with van der Waals surface area (Å²) in [4.78, 5) is 0. The molecular weight excluding hydrogens is 315 g/mol. The topological polar surface area (TPSA) is 76.0 Å². The average Bonchev–Trinajstić information content (AvgIpc) is 2.40. The van der Waals surface area contributed by atoms with Crippen molar-refractivity contribution in [1.82, 2.24) is 0 Å². The molecule has 126 valence electrons. The normalized spacial score (nSPS) is 12.5. The SMILES string of the molecule is Cc1ccc2c(O)c(P(=O)(OC(C)C)OC(C)C)cc(O)c2c1. The zero-order valence-corrected chi connectivity index (χ0v) is 14.9. The Morgan fingerprint density at radius 3 is 2.04 bits per heavy atom. The zero-order valence-electron chi connectivity index (χ0n) is 14.0. The van der Waals surface area contributed by atoms with Gasteiger partial charge in [0.25, 0.3) is 0 Å². The number of hydrogen-bond acceptors (Lipinski definition) is 5. The van der Waals surface area contributed by atoms with Crippen molar-refractivity contribution in [2.45, 2.75) is 46.8 Å². The first kappa shape index (κ1) is 17.8. The van der Waals surface area contributed by atoms with Gasteiger partial charge in [0, 0.05) is 10.8 Å². The molecule has 0 radical (unpaired) electrons. The van der Waals surface area contributed by atoms with Gasteiger partial charge in [0.1, 0.15) is 16.8 Å². The summed E-state index contributed by atoms with van der Waals surface area (Å²) in [5.41, 5.74) is 0.944. The molecule has 0 atom stereocenters. The quantitative estimate of drug-likeness (QED) is 0.630. The van der Waals surface area contributed by atoms with E-state index in [1.165, 1.54) is 6.07 Å². The van der Waals surface area contributed by atoms with E-state index in [4.69, 9.17) is 9.05 Å². The van der Waals surface area contributed by atoms with Gasteiger partial charge in [0.05, 0.1) is 12.2 Å². The van der Waals surface area contributed by atoms with Crippen molar-refractivity contribution in [2.24, 2.45) is 0 Å². The Labute approximate surface area is 136 Å². The molecule has 0 heterocycles. The number of aromatic hydroxyl groups is 2.